The van der Waals surface area contributed by atoms with E-state index in [2.05, 4.69) is 38.3 Å². The average Bonchev–Trinajstić information content (AvgIpc) is 2.67. The molecule has 7 heteroatoms. The summed E-state index contributed by atoms with van der Waals surface area (Å²) in [5.41, 5.74) is 2.22. The minimum absolute atomic E-state index is 0.0495. The summed E-state index contributed by atoms with van der Waals surface area (Å²) in [5, 5.41) is 3.47. The number of amides is 1. The Hall–Kier alpha value is -1.76. The van der Waals surface area contributed by atoms with Crippen LogP contribution in [0.4, 0.5) is 5.69 Å². The van der Waals surface area contributed by atoms with Crippen molar-refractivity contribution in [3.8, 4) is 5.75 Å². The van der Waals surface area contributed by atoms with E-state index in [-0.39, 0.29) is 12.5 Å². The average molecular weight is 440 g/mol. The van der Waals surface area contributed by atoms with Gasteiger partial charge < -0.3 is 19.7 Å². The molecule has 5 nitrogen and oxygen atoms in total. The smallest absolute Gasteiger partial charge is 0.258 e. The molecule has 1 N–H and O–H groups in total. The molecular formula is C19H20BrClN2O3. The highest BCUT2D eigenvalue weighted by Crippen LogP contribution is 2.27. The lowest BCUT2D eigenvalue weighted by Crippen LogP contribution is -2.36. The number of carbonyl (C=O) groups excluding carboxylic acids is 1. The van der Waals surface area contributed by atoms with Crippen LogP contribution in [0.3, 0.4) is 0 Å². The predicted octanol–water partition coefficient (Wildman–Crippen LogP) is 3.63. The zero-order chi connectivity index (χ0) is 18.4. The molecular weight excluding hydrogens is 420 g/mol. The van der Waals surface area contributed by atoms with E-state index in [1.54, 1.807) is 18.2 Å². The van der Waals surface area contributed by atoms with Crippen LogP contribution in [0, 0.1) is 0 Å². The molecule has 0 aromatic heterocycles. The molecule has 0 unspecified atom stereocenters. The Morgan fingerprint density at radius 1 is 1.19 bits per heavy atom. The van der Waals surface area contributed by atoms with Crippen LogP contribution in [-0.2, 0) is 16.1 Å². The van der Waals surface area contributed by atoms with E-state index >= 15 is 0 Å². The molecule has 1 saturated heterocycles. The van der Waals surface area contributed by atoms with Crippen LogP contribution in [0.25, 0.3) is 0 Å². The van der Waals surface area contributed by atoms with Gasteiger partial charge in [0.2, 0.25) is 0 Å². The Kier molecular flexibility index (Phi) is 6.77. The van der Waals surface area contributed by atoms with Crippen LogP contribution in [0.5, 0.6) is 5.75 Å². The number of ether oxygens (including phenoxy) is 2. The lowest BCUT2D eigenvalue weighted by atomic mass is 10.2. The number of hydrogen-bond acceptors (Lipinski definition) is 4. The van der Waals surface area contributed by atoms with Gasteiger partial charge in [-0.05, 0) is 51.8 Å². The molecule has 2 aromatic rings. The van der Waals surface area contributed by atoms with Gasteiger partial charge in [0.25, 0.3) is 5.91 Å². The van der Waals surface area contributed by atoms with Crippen LogP contribution in [0.15, 0.2) is 46.9 Å². The van der Waals surface area contributed by atoms with Crippen molar-refractivity contribution >= 4 is 39.1 Å². The zero-order valence-corrected chi connectivity index (χ0v) is 16.6. The second-order valence-electron chi connectivity index (χ2n) is 5.91. The Bertz CT molecular complexity index is 749. The summed E-state index contributed by atoms with van der Waals surface area (Å²) in [4.78, 5) is 14.3. The molecule has 0 aliphatic carbocycles. The molecule has 0 saturated carbocycles. The van der Waals surface area contributed by atoms with Crippen LogP contribution in [0.2, 0.25) is 5.02 Å². The summed E-state index contributed by atoms with van der Waals surface area (Å²) in [6.45, 7) is 3.77. The Morgan fingerprint density at radius 3 is 2.62 bits per heavy atom. The van der Waals surface area contributed by atoms with Gasteiger partial charge in [-0.3, -0.25) is 4.79 Å². The molecule has 1 aliphatic rings. The fraction of sp³-hybridized carbons (Fsp3) is 0.316. The van der Waals surface area contributed by atoms with Crippen LogP contribution in [0.1, 0.15) is 5.56 Å². The molecule has 1 heterocycles. The Morgan fingerprint density at radius 2 is 1.92 bits per heavy atom. The van der Waals surface area contributed by atoms with Crippen molar-refractivity contribution in [2.24, 2.45) is 0 Å². The molecule has 0 bridgehead atoms. The summed E-state index contributed by atoms with van der Waals surface area (Å²) in [5.74, 6) is 0.406. The van der Waals surface area contributed by atoms with E-state index in [1.165, 1.54) is 5.69 Å². The standard InChI is InChI=1S/C19H20BrClN2O3/c20-17-11-15(21)3-6-18(17)26-13-19(24)22-12-14-1-4-16(5-2-14)23-7-9-25-10-8-23/h1-6,11H,7-10,12-13H2,(H,22,24). The second kappa shape index (κ2) is 9.26. The number of halogens is 2. The minimum atomic E-state index is -0.177. The molecule has 2 aromatic carbocycles. The summed E-state index contributed by atoms with van der Waals surface area (Å²) < 4.78 is 11.6. The molecule has 3 rings (SSSR count). The molecule has 0 radical (unpaired) electrons. The highest BCUT2D eigenvalue weighted by molar-refractivity contribution is 9.10. The van der Waals surface area contributed by atoms with E-state index in [1.807, 2.05) is 12.1 Å². The predicted molar refractivity (Wildman–Crippen MR) is 106 cm³/mol. The van der Waals surface area contributed by atoms with Crippen molar-refractivity contribution in [3.63, 3.8) is 0 Å². The van der Waals surface area contributed by atoms with Crippen molar-refractivity contribution in [1.29, 1.82) is 0 Å². The summed E-state index contributed by atoms with van der Waals surface area (Å²) in [6.07, 6.45) is 0. The van der Waals surface area contributed by atoms with Crippen LogP contribution < -0.4 is 15.0 Å². The fourth-order valence-corrected chi connectivity index (χ4v) is 3.43. The quantitative estimate of drug-likeness (QED) is 0.747. The largest absolute Gasteiger partial charge is 0.483 e. The summed E-state index contributed by atoms with van der Waals surface area (Å²) in [6, 6.07) is 13.4. The highest BCUT2D eigenvalue weighted by Gasteiger charge is 2.11. The number of carbonyl (C=O) groups is 1. The van der Waals surface area contributed by atoms with Gasteiger partial charge in [0, 0.05) is 30.3 Å². The maximum absolute atomic E-state index is 12.0. The lowest BCUT2D eigenvalue weighted by molar-refractivity contribution is -0.123. The third-order valence-electron chi connectivity index (χ3n) is 4.05. The topological polar surface area (TPSA) is 50.8 Å². The van der Waals surface area contributed by atoms with Gasteiger partial charge in [0.15, 0.2) is 6.61 Å². The number of benzene rings is 2. The van der Waals surface area contributed by atoms with Gasteiger partial charge in [-0.1, -0.05) is 23.7 Å². The van der Waals surface area contributed by atoms with Crippen molar-refractivity contribution in [3.05, 3.63) is 57.5 Å². The first-order valence-electron chi connectivity index (χ1n) is 8.38. The third-order valence-corrected chi connectivity index (χ3v) is 4.91. The monoisotopic (exact) mass is 438 g/mol. The number of morpholine rings is 1. The first-order valence-corrected chi connectivity index (χ1v) is 9.55. The van der Waals surface area contributed by atoms with Crippen molar-refractivity contribution < 1.29 is 14.3 Å². The molecule has 0 atom stereocenters. The lowest BCUT2D eigenvalue weighted by Gasteiger charge is -2.28. The maximum atomic E-state index is 12.0. The first-order chi connectivity index (χ1) is 12.6. The number of rotatable bonds is 6. The van der Waals surface area contributed by atoms with Gasteiger partial charge >= 0.3 is 0 Å². The van der Waals surface area contributed by atoms with Crippen molar-refractivity contribution in [1.82, 2.24) is 5.32 Å². The summed E-state index contributed by atoms with van der Waals surface area (Å²) >= 11 is 9.24. The number of nitrogens with one attached hydrogen (secondary N) is 1. The Balaban J connectivity index is 1.45. The van der Waals surface area contributed by atoms with Crippen molar-refractivity contribution in [2.45, 2.75) is 6.54 Å². The van der Waals surface area contributed by atoms with Gasteiger partial charge in [-0.2, -0.15) is 0 Å². The van der Waals surface area contributed by atoms with Crippen LogP contribution in [-0.4, -0.2) is 38.8 Å². The van der Waals surface area contributed by atoms with E-state index in [9.17, 15) is 4.79 Å². The highest BCUT2D eigenvalue weighted by atomic mass is 79.9. The summed E-state index contributed by atoms with van der Waals surface area (Å²) in [7, 11) is 0. The zero-order valence-electron chi connectivity index (χ0n) is 14.2. The van der Waals surface area contributed by atoms with E-state index < -0.39 is 0 Å². The molecule has 1 fully saturated rings. The number of hydrogen-bond donors (Lipinski definition) is 1. The fourth-order valence-electron chi connectivity index (χ4n) is 2.63. The Labute approximate surface area is 166 Å². The number of anilines is 1. The normalized spacial score (nSPS) is 14.2. The third kappa shape index (κ3) is 5.37. The molecule has 0 spiro atoms. The molecule has 1 amide bonds. The van der Waals surface area contributed by atoms with Gasteiger partial charge in [0.05, 0.1) is 17.7 Å². The number of nitrogens with zero attached hydrogens (tertiary/aromatic N) is 1. The van der Waals surface area contributed by atoms with Crippen molar-refractivity contribution in [2.75, 3.05) is 37.8 Å². The van der Waals surface area contributed by atoms with Crippen LogP contribution >= 0.6 is 27.5 Å². The second-order valence-corrected chi connectivity index (χ2v) is 7.20. The van der Waals surface area contributed by atoms with E-state index in [0.717, 1.165) is 36.3 Å². The molecule has 1 aliphatic heterocycles. The SMILES string of the molecule is O=C(COc1ccc(Cl)cc1Br)NCc1ccc(N2CCOCC2)cc1. The molecule has 26 heavy (non-hydrogen) atoms. The maximum Gasteiger partial charge on any atom is 0.258 e. The van der Waals surface area contributed by atoms with Gasteiger partial charge in [0.1, 0.15) is 5.75 Å². The van der Waals surface area contributed by atoms with Gasteiger partial charge in [-0.25, -0.2) is 0 Å². The molecule has 138 valence electrons. The first kappa shape index (κ1) is 19.0. The minimum Gasteiger partial charge on any atom is -0.483 e. The van der Waals surface area contributed by atoms with Gasteiger partial charge in [-0.15, -0.1) is 0 Å². The van der Waals surface area contributed by atoms with E-state index in [0.29, 0.717) is 17.3 Å². The van der Waals surface area contributed by atoms with E-state index in [4.69, 9.17) is 21.1 Å².